The van der Waals surface area contributed by atoms with Crippen LogP contribution < -0.4 is 11.1 Å². The van der Waals surface area contributed by atoms with Crippen LogP contribution in [0.15, 0.2) is 72.8 Å². The van der Waals surface area contributed by atoms with E-state index in [9.17, 15) is 19.5 Å². The molecule has 0 radical (unpaired) electrons. The van der Waals surface area contributed by atoms with E-state index in [0.717, 1.165) is 22.3 Å². The maximum Gasteiger partial charge on any atom is 0.408 e. The number of carbonyl (C=O) groups is 3. The van der Waals surface area contributed by atoms with Gasteiger partial charge in [0, 0.05) is 12.3 Å². The molecule has 1 unspecified atom stereocenters. The Bertz CT molecular complexity index is 1280. The van der Waals surface area contributed by atoms with E-state index in [4.69, 9.17) is 15.2 Å². The van der Waals surface area contributed by atoms with Gasteiger partial charge in [0.15, 0.2) is 0 Å². The fourth-order valence-electron chi connectivity index (χ4n) is 4.58. The molecule has 0 heterocycles. The van der Waals surface area contributed by atoms with Crippen molar-refractivity contribution in [2.24, 2.45) is 5.73 Å². The molecule has 1 aliphatic carbocycles. The summed E-state index contributed by atoms with van der Waals surface area (Å²) in [6.07, 6.45) is -0.770. The lowest BCUT2D eigenvalue weighted by atomic mass is 9.98. The van der Waals surface area contributed by atoms with Crippen molar-refractivity contribution < 1.29 is 29.0 Å². The first-order valence-electron chi connectivity index (χ1n) is 12.4. The van der Waals surface area contributed by atoms with Gasteiger partial charge in [0.25, 0.3) is 0 Å². The second kappa shape index (κ2) is 11.1. The van der Waals surface area contributed by atoms with Crippen molar-refractivity contribution in [1.29, 1.82) is 0 Å². The first-order valence-corrected chi connectivity index (χ1v) is 12.4. The molecule has 2 atom stereocenters. The van der Waals surface area contributed by atoms with Crippen LogP contribution in [0.25, 0.3) is 11.1 Å². The number of carbonyl (C=O) groups excluding carboxylic acids is 2. The predicted molar refractivity (Wildman–Crippen MR) is 143 cm³/mol. The summed E-state index contributed by atoms with van der Waals surface area (Å²) < 4.78 is 10.8. The van der Waals surface area contributed by atoms with Crippen molar-refractivity contribution in [2.45, 2.75) is 50.8 Å². The Hall–Kier alpha value is -4.17. The summed E-state index contributed by atoms with van der Waals surface area (Å²) in [5.74, 6) is -1.80. The average Bonchev–Trinajstić information content (AvgIpc) is 3.19. The molecule has 0 aliphatic heterocycles. The standard InChI is InChI=1S/C30H32N2O6/c1-30(2,3)38-29(36)32-25(27(33)34)16-18-12-14-19(15-13-18)26(31)28(35)37-17-24-22-10-6-4-8-20(22)21-9-5-7-11-23(21)24/h4-15,24-26H,16-17,31H2,1-3H3,(H,32,36)(H,33,34)/t25-,26?/m1/s1. The van der Waals surface area contributed by atoms with Crippen LogP contribution in [-0.2, 0) is 25.5 Å². The Balaban J connectivity index is 1.37. The van der Waals surface area contributed by atoms with Crippen LogP contribution in [0.3, 0.4) is 0 Å². The molecule has 1 amide bonds. The minimum absolute atomic E-state index is 0.0367. The number of esters is 1. The van der Waals surface area contributed by atoms with E-state index in [-0.39, 0.29) is 18.9 Å². The van der Waals surface area contributed by atoms with Crippen LogP contribution in [0.4, 0.5) is 4.79 Å². The maximum absolute atomic E-state index is 12.8. The summed E-state index contributed by atoms with van der Waals surface area (Å²) in [5.41, 5.74) is 11.2. The van der Waals surface area contributed by atoms with Gasteiger partial charge in [0.1, 0.15) is 24.3 Å². The molecule has 4 N–H and O–H groups in total. The molecule has 198 valence electrons. The van der Waals surface area contributed by atoms with Crippen molar-refractivity contribution in [3.8, 4) is 11.1 Å². The second-order valence-electron chi connectivity index (χ2n) is 10.3. The molecule has 0 bridgehead atoms. The number of aliphatic carboxylic acids is 1. The van der Waals surface area contributed by atoms with Crippen LogP contribution in [0, 0.1) is 0 Å². The molecule has 8 nitrogen and oxygen atoms in total. The third-order valence-electron chi connectivity index (χ3n) is 6.38. The molecule has 0 saturated heterocycles. The van der Waals surface area contributed by atoms with Gasteiger partial charge in [-0.15, -0.1) is 0 Å². The molecule has 8 heteroatoms. The molecule has 3 aromatic carbocycles. The van der Waals surface area contributed by atoms with E-state index in [0.29, 0.717) is 11.1 Å². The molecule has 38 heavy (non-hydrogen) atoms. The average molecular weight is 517 g/mol. The fraction of sp³-hybridized carbons (Fsp3) is 0.300. The summed E-state index contributed by atoms with van der Waals surface area (Å²) >= 11 is 0. The summed E-state index contributed by atoms with van der Waals surface area (Å²) in [4.78, 5) is 36.5. The Morgan fingerprint density at radius 2 is 1.47 bits per heavy atom. The first-order chi connectivity index (χ1) is 18.0. The fourth-order valence-corrected chi connectivity index (χ4v) is 4.58. The first kappa shape index (κ1) is 26.9. The number of ether oxygens (including phenoxy) is 2. The number of amides is 1. The van der Waals surface area contributed by atoms with Gasteiger partial charge in [-0.2, -0.15) is 0 Å². The third kappa shape index (κ3) is 6.20. The lowest BCUT2D eigenvalue weighted by molar-refractivity contribution is -0.145. The van der Waals surface area contributed by atoms with Crippen molar-refractivity contribution in [3.63, 3.8) is 0 Å². The lowest BCUT2D eigenvalue weighted by Gasteiger charge is -2.22. The third-order valence-corrected chi connectivity index (χ3v) is 6.38. The van der Waals surface area contributed by atoms with E-state index >= 15 is 0 Å². The van der Waals surface area contributed by atoms with E-state index in [1.54, 1.807) is 45.0 Å². The van der Waals surface area contributed by atoms with Gasteiger partial charge >= 0.3 is 18.0 Å². The topological polar surface area (TPSA) is 128 Å². The number of hydrogen-bond donors (Lipinski definition) is 3. The highest BCUT2D eigenvalue weighted by Crippen LogP contribution is 2.44. The van der Waals surface area contributed by atoms with E-state index < -0.39 is 35.7 Å². The quantitative estimate of drug-likeness (QED) is 0.374. The van der Waals surface area contributed by atoms with Crippen molar-refractivity contribution in [3.05, 3.63) is 95.1 Å². The summed E-state index contributed by atoms with van der Waals surface area (Å²) in [7, 11) is 0. The van der Waals surface area contributed by atoms with Gasteiger partial charge < -0.3 is 25.6 Å². The van der Waals surface area contributed by atoms with Crippen molar-refractivity contribution >= 4 is 18.0 Å². The summed E-state index contributed by atoms with van der Waals surface area (Å²) in [6, 6.07) is 20.7. The van der Waals surface area contributed by atoms with Gasteiger partial charge in [0.2, 0.25) is 0 Å². The Morgan fingerprint density at radius 1 is 0.921 bits per heavy atom. The highest BCUT2D eigenvalue weighted by molar-refractivity contribution is 5.81. The number of nitrogens with one attached hydrogen (secondary N) is 1. The summed E-state index contributed by atoms with van der Waals surface area (Å²) in [6.45, 7) is 5.26. The number of hydrogen-bond acceptors (Lipinski definition) is 6. The zero-order valence-electron chi connectivity index (χ0n) is 21.6. The number of nitrogens with two attached hydrogens (primary N) is 1. The lowest BCUT2D eigenvalue weighted by Crippen LogP contribution is -2.44. The Kier molecular flexibility index (Phi) is 7.83. The van der Waals surface area contributed by atoms with Gasteiger partial charge in [-0.05, 0) is 54.2 Å². The molecule has 4 rings (SSSR count). The van der Waals surface area contributed by atoms with Gasteiger partial charge in [-0.3, -0.25) is 0 Å². The smallest absolute Gasteiger partial charge is 0.408 e. The zero-order chi connectivity index (χ0) is 27.4. The molecule has 0 aromatic heterocycles. The monoisotopic (exact) mass is 516 g/mol. The van der Waals surface area contributed by atoms with Crippen LogP contribution in [0.5, 0.6) is 0 Å². The number of rotatable bonds is 8. The molecule has 1 aliphatic rings. The molecule has 0 fully saturated rings. The van der Waals surface area contributed by atoms with E-state index in [2.05, 4.69) is 29.6 Å². The number of alkyl carbamates (subject to hydrolysis) is 1. The number of carboxylic acid groups (broad SMARTS) is 1. The largest absolute Gasteiger partial charge is 0.480 e. The normalized spacial score (nSPS) is 14.1. The molecular formula is C30H32N2O6. The van der Waals surface area contributed by atoms with E-state index in [1.165, 1.54) is 0 Å². The van der Waals surface area contributed by atoms with Gasteiger partial charge in [-0.25, -0.2) is 14.4 Å². The second-order valence-corrected chi connectivity index (χ2v) is 10.3. The molecular weight excluding hydrogens is 484 g/mol. The van der Waals surface area contributed by atoms with Gasteiger partial charge in [0.05, 0.1) is 0 Å². The highest BCUT2D eigenvalue weighted by Gasteiger charge is 2.30. The maximum atomic E-state index is 12.8. The number of benzene rings is 3. The van der Waals surface area contributed by atoms with Crippen LogP contribution in [0.2, 0.25) is 0 Å². The zero-order valence-corrected chi connectivity index (χ0v) is 21.6. The minimum atomic E-state index is -1.18. The Labute approximate surface area is 221 Å². The van der Waals surface area contributed by atoms with E-state index in [1.807, 2.05) is 24.3 Å². The number of fused-ring (bicyclic) bond motifs is 3. The van der Waals surface area contributed by atoms with Crippen molar-refractivity contribution in [1.82, 2.24) is 5.32 Å². The summed E-state index contributed by atoms with van der Waals surface area (Å²) in [5, 5.41) is 11.9. The SMILES string of the molecule is CC(C)(C)OC(=O)N[C@H](Cc1ccc(C(N)C(=O)OCC2c3ccccc3-c3ccccc32)cc1)C(=O)O. The number of carboxylic acids is 1. The molecule has 0 spiro atoms. The minimum Gasteiger partial charge on any atom is -0.480 e. The van der Waals surface area contributed by atoms with Crippen LogP contribution in [0.1, 0.15) is 55.0 Å². The van der Waals surface area contributed by atoms with Crippen molar-refractivity contribution in [2.75, 3.05) is 6.61 Å². The molecule has 0 saturated carbocycles. The van der Waals surface area contributed by atoms with Gasteiger partial charge in [-0.1, -0.05) is 72.8 Å². The molecule has 3 aromatic rings. The van der Waals surface area contributed by atoms with Crippen LogP contribution in [-0.4, -0.2) is 41.4 Å². The highest BCUT2D eigenvalue weighted by atomic mass is 16.6. The predicted octanol–water partition coefficient (Wildman–Crippen LogP) is 4.56. The Morgan fingerprint density at radius 3 is 2.00 bits per heavy atom. The van der Waals surface area contributed by atoms with Crippen LogP contribution >= 0.6 is 0 Å².